The zero-order valence-electron chi connectivity index (χ0n) is 19.7. The van der Waals surface area contributed by atoms with Gasteiger partial charge in [0.15, 0.2) is 33.8 Å². The molecule has 2 saturated carbocycles. The van der Waals surface area contributed by atoms with Gasteiger partial charge < -0.3 is 26.0 Å². The number of halogens is 2. The van der Waals surface area contributed by atoms with E-state index >= 15 is 0 Å². The van der Waals surface area contributed by atoms with Gasteiger partial charge in [-0.15, -0.1) is 5.10 Å². The second-order valence-electron chi connectivity index (χ2n) is 9.16. The Labute approximate surface area is 210 Å². The minimum atomic E-state index is -1.11. The van der Waals surface area contributed by atoms with Crippen LogP contribution in [0.2, 0.25) is 0 Å². The first-order chi connectivity index (χ1) is 17.4. The maximum absolute atomic E-state index is 13.7. The van der Waals surface area contributed by atoms with Gasteiger partial charge in [-0.3, -0.25) is 0 Å². The van der Waals surface area contributed by atoms with Crippen molar-refractivity contribution in [2.24, 2.45) is 5.73 Å². The molecule has 2 heterocycles. The van der Waals surface area contributed by atoms with Crippen LogP contribution in [0, 0.1) is 11.6 Å². The van der Waals surface area contributed by atoms with E-state index in [-0.39, 0.29) is 18.6 Å². The van der Waals surface area contributed by atoms with Gasteiger partial charge in [-0.1, -0.05) is 30.0 Å². The van der Waals surface area contributed by atoms with Crippen molar-refractivity contribution in [3.63, 3.8) is 0 Å². The van der Waals surface area contributed by atoms with E-state index in [0.29, 0.717) is 40.7 Å². The number of aromatic nitrogens is 5. The van der Waals surface area contributed by atoms with Crippen molar-refractivity contribution >= 4 is 28.7 Å². The molecule has 2 aromatic heterocycles. The van der Waals surface area contributed by atoms with Gasteiger partial charge in [-0.25, -0.2) is 23.4 Å². The zero-order chi connectivity index (χ0) is 25.4. The molecule has 2 aliphatic carbocycles. The number of thioether (sulfide) groups is 1. The highest BCUT2D eigenvalue weighted by Gasteiger charge is 2.45. The minimum Gasteiger partial charge on any atom is -0.388 e. The van der Waals surface area contributed by atoms with Crippen LogP contribution in [0.5, 0.6) is 0 Å². The molecule has 6 atom stereocenters. The summed E-state index contributed by atoms with van der Waals surface area (Å²) in [5, 5.41) is 33.7. The lowest BCUT2D eigenvalue weighted by Crippen LogP contribution is -2.33. The number of fused-ring (bicyclic) bond motifs is 1. The number of nitrogens with two attached hydrogens (primary N) is 1. The van der Waals surface area contributed by atoms with Crippen LogP contribution in [0.1, 0.15) is 43.7 Å². The molecular formula is C23H29F2N7O3S. The summed E-state index contributed by atoms with van der Waals surface area (Å²) in [6.07, 6.45) is -0.790. The van der Waals surface area contributed by atoms with Crippen molar-refractivity contribution in [1.29, 1.82) is 0 Å². The molecule has 36 heavy (non-hydrogen) atoms. The van der Waals surface area contributed by atoms with Gasteiger partial charge in [0.05, 0.1) is 18.8 Å². The number of nitrogens with zero attached hydrogens (tertiary/aromatic N) is 5. The first-order valence-corrected chi connectivity index (χ1v) is 13.0. The molecule has 2 fully saturated rings. The number of nitrogens with one attached hydrogen (secondary N) is 1. The fourth-order valence-electron chi connectivity index (χ4n) is 4.63. The molecule has 0 spiro atoms. The summed E-state index contributed by atoms with van der Waals surface area (Å²) >= 11 is 1.49. The average Bonchev–Trinajstić information content (AvgIpc) is 3.41. The molecular weight excluding hydrogens is 492 g/mol. The first kappa shape index (κ1) is 25.2. The van der Waals surface area contributed by atoms with Crippen LogP contribution in [0.25, 0.3) is 11.2 Å². The molecule has 0 amide bonds. The highest BCUT2D eigenvalue weighted by atomic mass is 32.2. The van der Waals surface area contributed by atoms with Crippen molar-refractivity contribution < 1.29 is 23.7 Å². The Kier molecular flexibility index (Phi) is 7.35. The number of benzene rings is 1. The lowest BCUT2D eigenvalue weighted by molar-refractivity contribution is -0.0546. The molecule has 1 aromatic carbocycles. The molecule has 0 saturated heterocycles. The maximum atomic E-state index is 13.7. The summed E-state index contributed by atoms with van der Waals surface area (Å²) in [7, 11) is 0. The quantitative estimate of drug-likeness (QED) is 0.231. The SMILES string of the molecule is CCCSc1nc(N[C@@H]2C[C@H]2c2ccc(F)c(F)c2)c2nnn([C@@H]3C[C@H](OCCN)[C@@H](O)C3O)c2n1. The Hall–Kier alpha value is -2.45. The maximum Gasteiger partial charge on any atom is 0.191 e. The Balaban J connectivity index is 1.43. The predicted molar refractivity (Wildman–Crippen MR) is 130 cm³/mol. The molecule has 0 aliphatic heterocycles. The van der Waals surface area contributed by atoms with Gasteiger partial charge in [0, 0.05) is 30.7 Å². The topological polar surface area (TPSA) is 144 Å². The molecule has 5 rings (SSSR count). The number of aliphatic hydroxyl groups is 2. The Morgan fingerprint density at radius 3 is 2.78 bits per heavy atom. The fraction of sp³-hybridized carbons (Fsp3) is 0.565. The predicted octanol–water partition coefficient (Wildman–Crippen LogP) is 1.98. The van der Waals surface area contributed by atoms with Crippen LogP contribution >= 0.6 is 11.8 Å². The number of hydrogen-bond donors (Lipinski definition) is 4. The second kappa shape index (κ2) is 10.5. The van der Waals surface area contributed by atoms with Crippen molar-refractivity contribution in [3.05, 3.63) is 35.4 Å². The summed E-state index contributed by atoms with van der Waals surface area (Å²) in [4.78, 5) is 9.30. The van der Waals surface area contributed by atoms with E-state index in [0.717, 1.165) is 24.7 Å². The van der Waals surface area contributed by atoms with Gasteiger partial charge in [0.25, 0.3) is 0 Å². The fourth-order valence-corrected chi connectivity index (χ4v) is 5.32. The molecule has 13 heteroatoms. The van der Waals surface area contributed by atoms with E-state index < -0.39 is 36.0 Å². The number of ether oxygens (including phenoxy) is 1. The van der Waals surface area contributed by atoms with Crippen LogP contribution in [0.3, 0.4) is 0 Å². The Morgan fingerprint density at radius 2 is 2.03 bits per heavy atom. The molecule has 194 valence electrons. The lowest BCUT2D eigenvalue weighted by Gasteiger charge is -2.17. The van der Waals surface area contributed by atoms with Crippen molar-refractivity contribution in [1.82, 2.24) is 25.0 Å². The van der Waals surface area contributed by atoms with E-state index in [1.165, 1.54) is 22.5 Å². The summed E-state index contributed by atoms with van der Waals surface area (Å²) in [6.45, 7) is 2.64. The monoisotopic (exact) mass is 521 g/mol. The van der Waals surface area contributed by atoms with Gasteiger partial charge >= 0.3 is 0 Å². The third kappa shape index (κ3) is 4.90. The van der Waals surface area contributed by atoms with Crippen LogP contribution in [-0.4, -0.2) is 78.4 Å². The smallest absolute Gasteiger partial charge is 0.191 e. The summed E-state index contributed by atoms with van der Waals surface area (Å²) in [5.41, 5.74) is 7.09. The van der Waals surface area contributed by atoms with Crippen molar-refractivity contribution in [2.75, 3.05) is 24.2 Å². The molecule has 5 N–H and O–H groups in total. The second-order valence-corrected chi connectivity index (χ2v) is 10.2. The Morgan fingerprint density at radius 1 is 1.19 bits per heavy atom. The highest BCUT2D eigenvalue weighted by molar-refractivity contribution is 7.99. The number of hydrogen-bond acceptors (Lipinski definition) is 10. The van der Waals surface area contributed by atoms with Crippen LogP contribution < -0.4 is 11.1 Å². The summed E-state index contributed by atoms with van der Waals surface area (Å²) in [6, 6.07) is 3.34. The summed E-state index contributed by atoms with van der Waals surface area (Å²) in [5.74, 6) is -0.420. The van der Waals surface area contributed by atoms with Crippen molar-refractivity contribution in [3.8, 4) is 0 Å². The van der Waals surface area contributed by atoms with E-state index in [9.17, 15) is 19.0 Å². The van der Waals surface area contributed by atoms with Crippen LogP contribution in [-0.2, 0) is 4.74 Å². The number of anilines is 1. The van der Waals surface area contributed by atoms with Gasteiger partial charge in [0.1, 0.15) is 12.2 Å². The number of aliphatic hydroxyl groups excluding tert-OH is 2. The molecule has 2 aliphatic rings. The summed E-state index contributed by atoms with van der Waals surface area (Å²) < 4.78 is 34.2. The minimum absolute atomic E-state index is 0.0131. The van der Waals surface area contributed by atoms with Crippen LogP contribution in [0.4, 0.5) is 14.6 Å². The number of rotatable bonds is 10. The Bertz CT molecular complexity index is 1230. The lowest BCUT2D eigenvalue weighted by atomic mass is 10.1. The highest BCUT2D eigenvalue weighted by Crippen LogP contribution is 2.44. The van der Waals surface area contributed by atoms with Gasteiger partial charge in [-0.05, 0) is 30.5 Å². The van der Waals surface area contributed by atoms with E-state index in [1.54, 1.807) is 6.07 Å². The van der Waals surface area contributed by atoms with Gasteiger partial charge in [-0.2, -0.15) is 0 Å². The first-order valence-electron chi connectivity index (χ1n) is 12.1. The largest absolute Gasteiger partial charge is 0.388 e. The van der Waals surface area contributed by atoms with Crippen LogP contribution in [0.15, 0.2) is 23.4 Å². The third-order valence-corrected chi connectivity index (χ3v) is 7.64. The van der Waals surface area contributed by atoms with Gasteiger partial charge in [0.2, 0.25) is 0 Å². The van der Waals surface area contributed by atoms with E-state index in [2.05, 4.69) is 32.5 Å². The molecule has 1 unspecified atom stereocenters. The molecule has 0 bridgehead atoms. The molecule has 3 aromatic rings. The third-order valence-electron chi connectivity index (χ3n) is 6.59. The van der Waals surface area contributed by atoms with Crippen molar-refractivity contribution in [2.45, 2.75) is 67.7 Å². The zero-order valence-corrected chi connectivity index (χ0v) is 20.5. The normalized spacial score (nSPS) is 27.6. The molecule has 0 radical (unpaired) electrons. The van der Waals surface area contributed by atoms with E-state index in [1.807, 2.05) is 0 Å². The molecule has 10 nitrogen and oxygen atoms in total. The average molecular weight is 522 g/mol. The standard InChI is InChI=1S/C23H29F2N7O3S/c1-2-7-36-23-28-21(27-15-9-12(15)11-3-4-13(24)14(25)8-11)18-22(29-23)32(31-30-18)16-10-17(35-6-5-26)20(34)19(16)33/h3-4,8,12,15-17,19-20,33-34H,2,5-7,9-10,26H2,1H3,(H,27,28,29)/t12-,15+,16+,17-,19?,20+/m0/s1. The van der Waals surface area contributed by atoms with E-state index in [4.69, 9.17) is 10.5 Å².